The Morgan fingerprint density at radius 1 is 1.12 bits per heavy atom. The molecule has 176 valence electrons. The van der Waals surface area contributed by atoms with Gasteiger partial charge < -0.3 is 14.2 Å². The van der Waals surface area contributed by atoms with Gasteiger partial charge in [-0.25, -0.2) is 8.42 Å². The molecule has 3 rings (SSSR count). The monoisotopic (exact) mass is 472 g/mol. The summed E-state index contributed by atoms with van der Waals surface area (Å²) in [7, 11) is -0.416. The molecule has 0 unspecified atom stereocenters. The van der Waals surface area contributed by atoms with E-state index >= 15 is 0 Å². The lowest BCUT2D eigenvalue weighted by molar-refractivity contribution is -0.130. The van der Waals surface area contributed by atoms with E-state index in [1.165, 1.54) is 16.3 Å². The van der Waals surface area contributed by atoms with Crippen molar-refractivity contribution in [2.75, 3.05) is 31.3 Å². The van der Waals surface area contributed by atoms with E-state index in [0.29, 0.717) is 29.6 Å². The van der Waals surface area contributed by atoms with E-state index < -0.39 is 10.0 Å². The predicted molar refractivity (Wildman–Crippen MR) is 125 cm³/mol. The third-order valence-corrected chi connectivity index (χ3v) is 6.34. The zero-order valence-corrected chi connectivity index (χ0v) is 20.0. The normalized spacial score (nSPS) is 11.3. The zero-order valence-electron chi connectivity index (χ0n) is 19.2. The molecule has 1 aromatic heterocycles. The maximum Gasteiger partial charge on any atom is 0.246 e. The minimum absolute atomic E-state index is 0.150. The summed E-state index contributed by atoms with van der Waals surface area (Å²) in [5.74, 6) is 1.10. The van der Waals surface area contributed by atoms with E-state index in [9.17, 15) is 13.2 Å². The Hall–Kier alpha value is -3.40. The van der Waals surface area contributed by atoms with Gasteiger partial charge in [-0.15, -0.1) is 0 Å². The van der Waals surface area contributed by atoms with Crippen molar-refractivity contribution >= 4 is 21.6 Å². The summed E-state index contributed by atoms with van der Waals surface area (Å²) < 4.78 is 36.5. The SMILES string of the molecule is COc1ccccc1N(CCCC(=O)N(C)Cc1nc(-c2ccccc2C)no1)S(C)(=O)=O. The molecule has 0 saturated heterocycles. The van der Waals surface area contributed by atoms with Crippen LogP contribution in [0.4, 0.5) is 5.69 Å². The van der Waals surface area contributed by atoms with Gasteiger partial charge in [-0.3, -0.25) is 9.10 Å². The summed E-state index contributed by atoms with van der Waals surface area (Å²) >= 11 is 0. The fourth-order valence-electron chi connectivity index (χ4n) is 3.41. The van der Waals surface area contributed by atoms with Crippen LogP contribution in [-0.4, -0.2) is 56.3 Å². The molecule has 0 aliphatic carbocycles. The number of aryl methyl sites for hydroxylation is 1. The van der Waals surface area contributed by atoms with E-state index in [4.69, 9.17) is 9.26 Å². The lowest BCUT2D eigenvalue weighted by atomic mass is 10.1. The van der Waals surface area contributed by atoms with Gasteiger partial charge in [-0.1, -0.05) is 41.6 Å². The number of para-hydroxylation sites is 2. The molecule has 1 amide bonds. The minimum atomic E-state index is -3.55. The van der Waals surface area contributed by atoms with Crippen LogP contribution >= 0.6 is 0 Å². The summed E-state index contributed by atoms with van der Waals surface area (Å²) in [4.78, 5) is 18.5. The van der Waals surface area contributed by atoms with Crippen molar-refractivity contribution < 1.29 is 22.5 Å². The lowest BCUT2D eigenvalue weighted by Gasteiger charge is -2.24. The molecule has 0 aliphatic heterocycles. The first-order chi connectivity index (χ1) is 15.7. The van der Waals surface area contributed by atoms with E-state index in [2.05, 4.69) is 10.1 Å². The second kappa shape index (κ2) is 10.5. The fourth-order valence-corrected chi connectivity index (χ4v) is 4.38. The van der Waals surface area contributed by atoms with Crippen LogP contribution < -0.4 is 9.04 Å². The van der Waals surface area contributed by atoms with Crippen LogP contribution in [0.5, 0.6) is 5.75 Å². The molecule has 0 saturated carbocycles. The third kappa shape index (κ3) is 6.10. The first-order valence-electron chi connectivity index (χ1n) is 10.4. The number of amides is 1. The largest absolute Gasteiger partial charge is 0.495 e. The summed E-state index contributed by atoms with van der Waals surface area (Å²) in [6.07, 6.45) is 1.64. The van der Waals surface area contributed by atoms with E-state index in [-0.39, 0.29) is 25.4 Å². The number of hydrogen-bond donors (Lipinski definition) is 0. The van der Waals surface area contributed by atoms with Crippen LogP contribution in [0.2, 0.25) is 0 Å². The molecule has 1 heterocycles. The summed E-state index contributed by atoms with van der Waals surface area (Å²) in [5.41, 5.74) is 2.34. The number of rotatable bonds is 10. The Morgan fingerprint density at radius 3 is 2.52 bits per heavy atom. The Kier molecular flexibility index (Phi) is 7.70. The maximum absolute atomic E-state index is 12.6. The van der Waals surface area contributed by atoms with Gasteiger partial charge in [0.1, 0.15) is 5.75 Å². The number of carbonyl (C=O) groups is 1. The number of sulfonamides is 1. The minimum Gasteiger partial charge on any atom is -0.495 e. The molecule has 0 spiro atoms. The van der Waals surface area contributed by atoms with Crippen molar-refractivity contribution in [3.05, 3.63) is 60.0 Å². The highest BCUT2D eigenvalue weighted by atomic mass is 32.2. The molecule has 0 fully saturated rings. The number of benzene rings is 2. The van der Waals surface area contributed by atoms with Crippen molar-refractivity contribution in [2.24, 2.45) is 0 Å². The average Bonchev–Trinajstić information content (AvgIpc) is 3.24. The quantitative estimate of drug-likeness (QED) is 0.446. The number of aromatic nitrogens is 2. The highest BCUT2D eigenvalue weighted by Gasteiger charge is 2.22. The molecule has 0 radical (unpaired) electrons. The Labute approximate surface area is 194 Å². The van der Waals surface area contributed by atoms with E-state index in [0.717, 1.165) is 17.4 Å². The molecule has 0 N–H and O–H groups in total. The van der Waals surface area contributed by atoms with Gasteiger partial charge >= 0.3 is 0 Å². The highest BCUT2D eigenvalue weighted by Crippen LogP contribution is 2.29. The maximum atomic E-state index is 12.6. The van der Waals surface area contributed by atoms with Crippen molar-refractivity contribution in [1.29, 1.82) is 0 Å². The fraction of sp³-hybridized carbons (Fsp3) is 0.348. The van der Waals surface area contributed by atoms with Gasteiger partial charge in [0.2, 0.25) is 27.6 Å². The zero-order chi connectivity index (χ0) is 24.0. The van der Waals surface area contributed by atoms with E-state index in [1.807, 2.05) is 31.2 Å². The van der Waals surface area contributed by atoms with Crippen molar-refractivity contribution in [2.45, 2.75) is 26.3 Å². The summed E-state index contributed by atoms with van der Waals surface area (Å²) in [6.45, 7) is 2.28. The molecule has 10 heteroatoms. The molecule has 3 aromatic rings. The number of nitrogens with zero attached hydrogens (tertiary/aromatic N) is 4. The molecule has 9 nitrogen and oxygen atoms in total. The Morgan fingerprint density at radius 2 is 1.82 bits per heavy atom. The van der Waals surface area contributed by atoms with Crippen LogP contribution in [0.1, 0.15) is 24.3 Å². The first kappa shape index (κ1) is 24.2. The second-order valence-corrected chi connectivity index (χ2v) is 9.59. The summed E-state index contributed by atoms with van der Waals surface area (Å²) in [6, 6.07) is 14.6. The second-order valence-electron chi connectivity index (χ2n) is 7.69. The molecule has 2 aromatic carbocycles. The molecule has 33 heavy (non-hydrogen) atoms. The van der Waals surface area contributed by atoms with Crippen LogP contribution in [0.15, 0.2) is 53.1 Å². The van der Waals surface area contributed by atoms with Crippen LogP contribution in [0.3, 0.4) is 0 Å². The number of anilines is 1. The standard InChI is InChI=1S/C23H28N4O5S/c1-17-10-5-6-11-18(17)23-24-21(32-25-23)16-26(2)22(28)14-9-15-27(33(4,29)30)19-12-7-8-13-20(19)31-3/h5-8,10-13H,9,14-16H2,1-4H3. The van der Waals surface area contributed by atoms with Gasteiger partial charge in [0.05, 0.1) is 25.6 Å². The topological polar surface area (TPSA) is 106 Å². The predicted octanol–water partition coefficient (Wildman–Crippen LogP) is 3.26. The van der Waals surface area contributed by atoms with Crippen molar-refractivity contribution in [3.8, 4) is 17.1 Å². The molecule has 0 atom stereocenters. The van der Waals surface area contributed by atoms with Gasteiger partial charge in [0, 0.05) is 25.6 Å². The number of ether oxygens (including phenoxy) is 1. The van der Waals surface area contributed by atoms with E-state index in [1.54, 1.807) is 31.3 Å². The smallest absolute Gasteiger partial charge is 0.246 e. The van der Waals surface area contributed by atoms with Crippen LogP contribution in [0, 0.1) is 6.92 Å². The number of methoxy groups -OCH3 is 1. The Bertz CT molecular complexity index is 1210. The Balaban J connectivity index is 1.59. The molecular weight excluding hydrogens is 444 g/mol. The highest BCUT2D eigenvalue weighted by molar-refractivity contribution is 7.92. The summed E-state index contributed by atoms with van der Waals surface area (Å²) in [5, 5.41) is 4.01. The third-order valence-electron chi connectivity index (χ3n) is 5.16. The first-order valence-corrected chi connectivity index (χ1v) is 12.3. The molecular formula is C23H28N4O5S. The average molecular weight is 473 g/mol. The molecule has 0 aliphatic rings. The van der Waals surface area contributed by atoms with Gasteiger partial charge in [0.15, 0.2) is 0 Å². The van der Waals surface area contributed by atoms with Crippen molar-refractivity contribution in [3.63, 3.8) is 0 Å². The van der Waals surface area contributed by atoms with Crippen LogP contribution in [0.25, 0.3) is 11.4 Å². The van der Waals surface area contributed by atoms with Crippen molar-refractivity contribution in [1.82, 2.24) is 15.0 Å². The number of hydrogen-bond acceptors (Lipinski definition) is 7. The van der Waals surface area contributed by atoms with Crippen LogP contribution in [-0.2, 0) is 21.4 Å². The van der Waals surface area contributed by atoms with Gasteiger partial charge in [-0.05, 0) is 31.0 Å². The number of carbonyl (C=O) groups excluding carboxylic acids is 1. The molecule has 0 bridgehead atoms. The lowest BCUT2D eigenvalue weighted by Crippen LogP contribution is -2.32. The van der Waals surface area contributed by atoms with Gasteiger partial charge in [0.25, 0.3) is 0 Å². The van der Waals surface area contributed by atoms with Gasteiger partial charge in [-0.2, -0.15) is 4.98 Å².